The normalized spacial score (nSPS) is 17.0. The predicted octanol–water partition coefficient (Wildman–Crippen LogP) is -1.32. The van der Waals surface area contributed by atoms with E-state index in [9.17, 15) is 4.79 Å². The molecule has 0 aromatic carbocycles. The zero-order valence-electron chi connectivity index (χ0n) is 9.11. The van der Waals surface area contributed by atoms with Crippen LogP contribution in [0, 0.1) is 0 Å². The number of nitrogens with one attached hydrogen (secondary N) is 2. The van der Waals surface area contributed by atoms with Crippen molar-refractivity contribution >= 4 is 5.91 Å². The van der Waals surface area contributed by atoms with Crippen molar-refractivity contribution in [3.05, 3.63) is 30.1 Å². The summed E-state index contributed by atoms with van der Waals surface area (Å²) < 4.78 is 5.25. The Bertz CT molecular complexity index is 336. The number of ether oxygens (including phenoxy) is 1. The second kappa shape index (κ2) is 5.58. The number of quaternary nitrogens is 1. The number of carbonyl (C=O) groups is 1. The summed E-state index contributed by atoms with van der Waals surface area (Å²) in [6.07, 6.45) is 3.23. The molecule has 0 aliphatic carbocycles. The second-order valence-corrected chi connectivity index (χ2v) is 3.79. The molecule has 0 unspecified atom stereocenters. The van der Waals surface area contributed by atoms with Gasteiger partial charge in [-0.3, -0.25) is 9.78 Å². The molecule has 5 nitrogen and oxygen atoms in total. The van der Waals surface area contributed by atoms with E-state index in [1.165, 1.54) is 4.90 Å². The molecule has 1 aromatic rings. The van der Waals surface area contributed by atoms with Crippen molar-refractivity contribution in [1.82, 2.24) is 10.3 Å². The highest BCUT2D eigenvalue weighted by atomic mass is 16.5. The monoisotopic (exact) mass is 222 g/mol. The minimum Gasteiger partial charge on any atom is -0.370 e. The Hall–Kier alpha value is -1.46. The van der Waals surface area contributed by atoms with E-state index in [1.807, 2.05) is 0 Å². The first-order valence-electron chi connectivity index (χ1n) is 5.46. The van der Waals surface area contributed by atoms with Crippen LogP contribution in [0.5, 0.6) is 0 Å². The lowest BCUT2D eigenvalue weighted by Crippen LogP contribution is -3.15. The molecule has 1 amide bonds. The first-order valence-corrected chi connectivity index (χ1v) is 5.46. The van der Waals surface area contributed by atoms with Crippen LogP contribution in [0.3, 0.4) is 0 Å². The van der Waals surface area contributed by atoms with Crippen LogP contribution >= 0.6 is 0 Å². The van der Waals surface area contributed by atoms with E-state index in [-0.39, 0.29) is 5.91 Å². The van der Waals surface area contributed by atoms with E-state index in [2.05, 4.69) is 10.3 Å². The Labute approximate surface area is 94.4 Å². The highest BCUT2D eigenvalue weighted by molar-refractivity contribution is 5.93. The van der Waals surface area contributed by atoms with Crippen molar-refractivity contribution in [2.45, 2.75) is 0 Å². The van der Waals surface area contributed by atoms with Crippen LogP contribution in [0.15, 0.2) is 24.5 Å². The van der Waals surface area contributed by atoms with E-state index >= 15 is 0 Å². The SMILES string of the molecule is O=C(NC[NH+]1CCOCC1)c1cccnc1. The van der Waals surface area contributed by atoms with Gasteiger partial charge in [-0.2, -0.15) is 0 Å². The number of morpholine rings is 1. The van der Waals surface area contributed by atoms with Gasteiger partial charge in [0.25, 0.3) is 5.91 Å². The predicted molar refractivity (Wildman–Crippen MR) is 58.1 cm³/mol. The Kier molecular flexibility index (Phi) is 3.85. The maximum Gasteiger partial charge on any atom is 0.257 e. The number of amides is 1. The smallest absolute Gasteiger partial charge is 0.257 e. The van der Waals surface area contributed by atoms with E-state index in [0.29, 0.717) is 12.2 Å². The van der Waals surface area contributed by atoms with Gasteiger partial charge in [0.2, 0.25) is 0 Å². The van der Waals surface area contributed by atoms with Crippen LogP contribution in [-0.4, -0.2) is 43.9 Å². The quantitative estimate of drug-likeness (QED) is 0.667. The Morgan fingerprint density at radius 3 is 3.00 bits per heavy atom. The number of hydrogen-bond acceptors (Lipinski definition) is 3. The van der Waals surface area contributed by atoms with Crippen LogP contribution < -0.4 is 10.2 Å². The van der Waals surface area contributed by atoms with E-state index < -0.39 is 0 Å². The van der Waals surface area contributed by atoms with Crippen LogP contribution in [-0.2, 0) is 4.74 Å². The molecular weight excluding hydrogens is 206 g/mol. The van der Waals surface area contributed by atoms with E-state index in [1.54, 1.807) is 24.5 Å². The summed E-state index contributed by atoms with van der Waals surface area (Å²) in [7, 11) is 0. The average Bonchev–Trinajstić information content (AvgIpc) is 2.38. The molecule has 1 saturated heterocycles. The highest BCUT2D eigenvalue weighted by Crippen LogP contribution is 1.93. The third-order valence-electron chi connectivity index (χ3n) is 2.62. The van der Waals surface area contributed by atoms with Gasteiger partial charge in [-0.05, 0) is 12.1 Å². The Balaban J connectivity index is 1.79. The summed E-state index contributed by atoms with van der Waals surface area (Å²) >= 11 is 0. The fourth-order valence-electron chi connectivity index (χ4n) is 1.64. The molecule has 2 rings (SSSR count). The van der Waals surface area contributed by atoms with Gasteiger partial charge < -0.3 is 15.0 Å². The van der Waals surface area contributed by atoms with E-state index in [0.717, 1.165) is 26.3 Å². The lowest BCUT2D eigenvalue weighted by molar-refractivity contribution is -0.909. The summed E-state index contributed by atoms with van der Waals surface area (Å²) in [4.78, 5) is 17.0. The van der Waals surface area contributed by atoms with Crippen molar-refractivity contribution in [2.24, 2.45) is 0 Å². The van der Waals surface area contributed by atoms with Crippen LogP contribution in [0.2, 0.25) is 0 Å². The molecule has 1 aromatic heterocycles. The molecule has 0 saturated carbocycles. The summed E-state index contributed by atoms with van der Waals surface area (Å²) in [5, 5.41) is 2.90. The van der Waals surface area contributed by atoms with Gasteiger partial charge >= 0.3 is 0 Å². The molecule has 1 fully saturated rings. The Morgan fingerprint density at radius 2 is 2.31 bits per heavy atom. The zero-order chi connectivity index (χ0) is 11.2. The molecule has 2 N–H and O–H groups in total. The first kappa shape index (κ1) is 11.0. The lowest BCUT2D eigenvalue weighted by Gasteiger charge is -2.23. The van der Waals surface area contributed by atoms with Gasteiger partial charge in [0.15, 0.2) is 6.67 Å². The summed E-state index contributed by atoms with van der Waals surface area (Å²) in [5.74, 6) is -0.0629. The fraction of sp³-hybridized carbons (Fsp3) is 0.455. The number of hydrogen-bond donors (Lipinski definition) is 2. The van der Waals surface area contributed by atoms with Crippen molar-refractivity contribution in [3.63, 3.8) is 0 Å². The van der Waals surface area contributed by atoms with Crippen LogP contribution in [0.25, 0.3) is 0 Å². The molecule has 0 spiro atoms. The van der Waals surface area contributed by atoms with Crippen LogP contribution in [0.1, 0.15) is 10.4 Å². The zero-order valence-corrected chi connectivity index (χ0v) is 9.11. The number of nitrogens with zero attached hydrogens (tertiary/aromatic N) is 1. The molecule has 0 bridgehead atoms. The van der Waals surface area contributed by atoms with Crippen molar-refractivity contribution in [1.29, 1.82) is 0 Å². The summed E-state index contributed by atoms with van der Waals surface area (Å²) in [6, 6.07) is 3.52. The third kappa shape index (κ3) is 3.01. The molecular formula is C11H16N3O2+. The summed E-state index contributed by atoms with van der Waals surface area (Å²) in [6.45, 7) is 4.11. The van der Waals surface area contributed by atoms with Gasteiger partial charge in [-0.1, -0.05) is 0 Å². The molecule has 5 heteroatoms. The van der Waals surface area contributed by atoms with Crippen molar-refractivity contribution < 1.29 is 14.4 Å². The van der Waals surface area contributed by atoms with E-state index in [4.69, 9.17) is 4.74 Å². The number of aromatic nitrogens is 1. The van der Waals surface area contributed by atoms with Gasteiger partial charge in [0.05, 0.1) is 18.8 Å². The van der Waals surface area contributed by atoms with Gasteiger partial charge in [0.1, 0.15) is 13.1 Å². The van der Waals surface area contributed by atoms with Crippen molar-refractivity contribution in [2.75, 3.05) is 33.0 Å². The van der Waals surface area contributed by atoms with Crippen LogP contribution in [0.4, 0.5) is 0 Å². The van der Waals surface area contributed by atoms with Gasteiger partial charge in [-0.15, -0.1) is 0 Å². The topological polar surface area (TPSA) is 55.7 Å². The number of pyridine rings is 1. The highest BCUT2D eigenvalue weighted by Gasteiger charge is 2.14. The molecule has 0 radical (unpaired) electrons. The molecule has 86 valence electrons. The van der Waals surface area contributed by atoms with Gasteiger partial charge in [0, 0.05) is 12.4 Å². The van der Waals surface area contributed by atoms with Gasteiger partial charge in [-0.25, -0.2) is 0 Å². The molecule has 0 atom stereocenters. The number of rotatable bonds is 3. The minimum absolute atomic E-state index is 0.0629. The average molecular weight is 222 g/mol. The second-order valence-electron chi connectivity index (χ2n) is 3.79. The molecule has 1 aliphatic heterocycles. The molecule has 16 heavy (non-hydrogen) atoms. The largest absolute Gasteiger partial charge is 0.370 e. The maximum atomic E-state index is 11.7. The lowest BCUT2D eigenvalue weighted by atomic mass is 10.3. The number of carbonyl (C=O) groups excluding carboxylic acids is 1. The fourth-order valence-corrected chi connectivity index (χ4v) is 1.64. The third-order valence-corrected chi connectivity index (χ3v) is 2.62. The maximum absolute atomic E-state index is 11.7. The Morgan fingerprint density at radius 1 is 1.50 bits per heavy atom. The summed E-state index contributed by atoms with van der Waals surface area (Å²) in [5.41, 5.74) is 0.607. The standard InChI is InChI=1S/C11H15N3O2/c15-11(10-2-1-3-12-8-10)13-9-14-4-6-16-7-5-14/h1-3,8H,4-7,9H2,(H,13,15)/p+1. The minimum atomic E-state index is -0.0629. The molecule has 2 heterocycles. The first-order chi connectivity index (χ1) is 7.86. The molecule has 1 aliphatic rings. The van der Waals surface area contributed by atoms with Crippen molar-refractivity contribution in [3.8, 4) is 0 Å².